The van der Waals surface area contributed by atoms with Gasteiger partial charge in [0.2, 0.25) is 10.0 Å². The number of sulfonamides is 1. The van der Waals surface area contributed by atoms with E-state index in [-0.39, 0.29) is 5.75 Å². The Morgan fingerprint density at radius 3 is 2.55 bits per heavy atom. The Hall–Kier alpha value is -1.72. The summed E-state index contributed by atoms with van der Waals surface area (Å²) in [7, 11) is -3.31. The maximum absolute atomic E-state index is 11.9. The summed E-state index contributed by atoms with van der Waals surface area (Å²) < 4.78 is 26.4. The van der Waals surface area contributed by atoms with E-state index in [0.717, 1.165) is 11.1 Å². The van der Waals surface area contributed by atoms with Gasteiger partial charge in [-0.05, 0) is 29.7 Å². The van der Waals surface area contributed by atoms with E-state index in [1.165, 1.54) is 0 Å². The van der Waals surface area contributed by atoms with Crippen LogP contribution in [0, 0.1) is 6.92 Å². The van der Waals surface area contributed by atoms with Crippen LogP contribution in [0.4, 0.5) is 0 Å². The molecule has 5 heteroatoms. The van der Waals surface area contributed by atoms with Crippen LogP contribution in [0.25, 0.3) is 0 Å². The molecule has 1 aromatic heterocycles. The first-order valence-electron chi connectivity index (χ1n) is 6.27. The molecule has 0 aliphatic carbocycles. The third-order valence-electron chi connectivity index (χ3n) is 2.78. The van der Waals surface area contributed by atoms with Crippen LogP contribution in [0.15, 0.2) is 48.7 Å². The van der Waals surface area contributed by atoms with Gasteiger partial charge >= 0.3 is 0 Å². The van der Waals surface area contributed by atoms with Crippen molar-refractivity contribution in [2.45, 2.75) is 12.2 Å². The van der Waals surface area contributed by atoms with E-state index in [9.17, 15) is 8.42 Å². The summed E-state index contributed by atoms with van der Waals surface area (Å²) in [5.74, 6) is -0.00761. The van der Waals surface area contributed by atoms with Crippen LogP contribution >= 0.6 is 0 Å². The maximum Gasteiger partial charge on any atom is 0.215 e. The molecule has 0 bridgehead atoms. The fourth-order valence-electron chi connectivity index (χ4n) is 1.85. The Labute approximate surface area is 119 Å². The molecular formula is C15H16N2O2S. The molecule has 1 N–H and O–H groups in total. The summed E-state index contributed by atoms with van der Waals surface area (Å²) in [5.41, 5.74) is 2.17. The lowest BCUT2D eigenvalue weighted by atomic mass is 10.2. The molecule has 0 atom stereocenters. The van der Waals surface area contributed by atoms with Crippen LogP contribution in [0.2, 0.25) is 0 Å². The number of pyridine rings is 1. The van der Waals surface area contributed by atoms with E-state index < -0.39 is 10.0 Å². The van der Waals surface area contributed by atoms with Gasteiger partial charge in [-0.1, -0.05) is 30.3 Å². The highest BCUT2D eigenvalue weighted by molar-refractivity contribution is 7.88. The van der Waals surface area contributed by atoms with E-state index >= 15 is 0 Å². The molecule has 0 saturated heterocycles. The summed E-state index contributed by atoms with van der Waals surface area (Å²) in [4.78, 5) is 3.89. The largest absolute Gasteiger partial charge is 0.261 e. The van der Waals surface area contributed by atoms with Crippen molar-refractivity contribution in [1.29, 1.82) is 0 Å². The third kappa shape index (κ3) is 4.75. The molecule has 2 rings (SSSR count). The number of hydrogen-bond donors (Lipinski definition) is 1. The van der Waals surface area contributed by atoms with Crippen molar-refractivity contribution in [2.75, 3.05) is 6.54 Å². The van der Waals surface area contributed by atoms with Gasteiger partial charge in [-0.15, -0.1) is 0 Å². The molecule has 4 nitrogen and oxygen atoms in total. The standard InChI is InChI=1S/C15H16N2O2S/c1-13-11-14(7-9-16-13)8-10-17-20(18,19)12-15-5-3-2-4-6-15/h1-7,9,11,17H,8,10,12H2. The van der Waals surface area contributed by atoms with Crippen molar-refractivity contribution < 1.29 is 8.42 Å². The van der Waals surface area contributed by atoms with E-state index in [1.54, 1.807) is 24.4 Å². The predicted octanol–water partition coefficient (Wildman–Crippen LogP) is 1.80. The number of aromatic nitrogens is 1. The smallest absolute Gasteiger partial charge is 0.215 e. The second kappa shape index (κ2) is 6.63. The lowest BCUT2D eigenvalue weighted by Gasteiger charge is -2.07. The van der Waals surface area contributed by atoms with Crippen LogP contribution in [0.3, 0.4) is 0 Å². The molecule has 1 heterocycles. The molecular weight excluding hydrogens is 272 g/mol. The number of nitrogens with one attached hydrogen (secondary N) is 1. The third-order valence-corrected chi connectivity index (χ3v) is 4.14. The van der Waals surface area contributed by atoms with Crippen molar-refractivity contribution in [3.63, 3.8) is 0 Å². The lowest BCUT2D eigenvalue weighted by Crippen LogP contribution is -2.27. The normalized spacial score (nSPS) is 11.4. The first-order chi connectivity index (χ1) is 9.55. The summed E-state index contributed by atoms with van der Waals surface area (Å²) in [6.07, 6.45) is 2.20. The number of nitrogens with zero attached hydrogens (tertiary/aromatic N) is 1. The van der Waals surface area contributed by atoms with E-state index in [1.807, 2.05) is 24.3 Å². The molecule has 0 saturated carbocycles. The fraction of sp³-hybridized carbons (Fsp3) is 0.200. The molecule has 0 aliphatic rings. The average molecular weight is 288 g/mol. The summed E-state index contributed by atoms with van der Waals surface area (Å²) in [5, 5.41) is 0. The van der Waals surface area contributed by atoms with E-state index in [2.05, 4.69) is 9.71 Å². The van der Waals surface area contributed by atoms with Crippen LogP contribution in [0.5, 0.6) is 0 Å². The molecule has 0 aliphatic heterocycles. The Morgan fingerprint density at radius 1 is 1.10 bits per heavy atom. The number of hydrogen-bond acceptors (Lipinski definition) is 3. The van der Waals surface area contributed by atoms with Crippen molar-refractivity contribution in [3.8, 4) is 0 Å². The highest BCUT2D eigenvalue weighted by atomic mass is 32.2. The topological polar surface area (TPSA) is 59.1 Å². The van der Waals surface area contributed by atoms with Gasteiger partial charge in [0.1, 0.15) is 0 Å². The predicted molar refractivity (Wildman–Crippen MR) is 78.4 cm³/mol. The molecule has 0 spiro atoms. The zero-order chi connectivity index (χ0) is 14.4. The number of benzene rings is 1. The van der Waals surface area contributed by atoms with Gasteiger partial charge in [0.05, 0.1) is 5.75 Å². The first-order valence-corrected chi connectivity index (χ1v) is 7.92. The number of rotatable bonds is 6. The Balaban J connectivity index is 1.87. The lowest BCUT2D eigenvalue weighted by molar-refractivity contribution is 0.581. The molecule has 1 aromatic carbocycles. The molecule has 20 heavy (non-hydrogen) atoms. The highest BCUT2D eigenvalue weighted by Crippen LogP contribution is 2.05. The minimum Gasteiger partial charge on any atom is -0.261 e. The fourth-order valence-corrected chi connectivity index (χ4v) is 2.99. The zero-order valence-corrected chi connectivity index (χ0v) is 11.8. The average Bonchev–Trinajstić information content (AvgIpc) is 2.39. The van der Waals surface area contributed by atoms with Gasteiger partial charge in [-0.25, -0.2) is 13.1 Å². The van der Waals surface area contributed by atoms with Crippen molar-refractivity contribution in [2.24, 2.45) is 0 Å². The highest BCUT2D eigenvalue weighted by Gasteiger charge is 2.10. The van der Waals surface area contributed by atoms with Gasteiger partial charge in [0.15, 0.2) is 0 Å². The maximum atomic E-state index is 11.9. The molecule has 0 amide bonds. The zero-order valence-electron chi connectivity index (χ0n) is 11.0. The molecule has 2 radical (unpaired) electrons. The Kier molecular flexibility index (Phi) is 4.87. The van der Waals surface area contributed by atoms with Crippen LogP contribution < -0.4 is 4.72 Å². The summed E-state index contributed by atoms with van der Waals surface area (Å²) in [6.45, 7) is 5.91. The minimum absolute atomic E-state index is 0.00761. The second-order valence-electron chi connectivity index (χ2n) is 4.48. The SMILES string of the molecule is [CH]c1cc(CCNS(=O)(=O)Cc2ccccc2)ccn1. The summed E-state index contributed by atoms with van der Waals surface area (Å²) >= 11 is 0. The monoisotopic (exact) mass is 288 g/mol. The Bertz CT molecular complexity index is 655. The van der Waals surface area contributed by atoms with E-state index in [0.29, 0.717) is 18.7 Å². The molecule has 2 aromatic rings. The van der Waals surface area contributed by atoms with Crippen LogP contribution in [-0.4, -0.2) is 19.9 Å². The van der Waals surface area contributed by atoms with Crippen molar-refractivity contribution >= 4 is 10.0 Å². The van der Waals surface area contributed by atoms with Crippen LogP contribution in [0.1, 0.15) is 16.8 Å². The van der Waals surface area contributed by atoms with Gasteiger partial charge < -0.3 is 0 Å². The van der Waals surface area contributed by atoms with Crippen molar-refractivity contribution in [1.82, 2.24) is 9.71 Å². The van der Waals surface area contributed by atoms with Crippen molar-refractivity contribution in [3.05, 3.63) is 72.4 Å². The quantitative estimate of drug-likeness (QED) is 0.882. The van der Waals surface area contributed by atoms with Crippen LogP contribution in [-0.2, 0) is 22.2 Å². The Morgan fingerprint density at radius 2 is 1.85 bits per heavy atom. The van der Waals surface area contributed by atoms with E-state index in [4.69, 9.17) is 6.92 Å². The van der Waals surface area contributed by atoms with Gasteiger partial charge in [-0.2, -0.15) is 0 Å². The molecule has 104 valence electrons. The summed E-state index contributed by atoms with van der Waals surface area (Å²) in [6, 6.07) is 12.7. The minimum atomic E-state index is -3.31. The van der Waals surface area contributed by atoms with Gasteiger partial charge in [0.25, 0.3) is 0 Å². The van der Waals surface area contributed by atoms with Gasteiger partial charge in [0, 0.05) is 25.4 Å². The second-order valence-corrected chi connectivity index (χ2v) is 6.28. The first kappa shape index (κ1) is 14.7. The van der Waals surface area contributed by atoms with Gasteiger partial charge in [-0.3, -0.25) is 4.98 Å². The molecule has 0 unspecified atom stereocenters. The molecule has 0 fully saturated rings.